The van der Waals surface area contributed by atoms with Gasteiger partial charge in [-0.15, -0.1) is 20.3 Å². The average Bonchev–Trinajstić information content (AvgIpc) is 2.70. The molecule has 0 aliphatic carbocycles. The number of carbonyl (C=O) groups is 1. The molecule has 140 valence electrons. The zero-order valence-corrected chi connectivity index (χ0v) is 16.8. The van der Waals surface area contributed by atoms with Gasteiger partial charge in [-0.2, -0.15) is 0 Å². The van der Waals surface area contributed by atoms with Crippen LogP contribution in [0.4, 0.5) is 0 Å². The van der Waals surface area contributed by atoms with Gasteiger partial charge in [-0.25, -0.2) is 4.79 Å². The van der Waals surface area contributed by atoms with Crippen molar-refractivity contribution in [1.82, 2.24) is 0 Å². The minimum absolute atomic E-state index is 0.236. The van der Waals surface area contributed by atoms with Gasteiger partial charge in [-0.05, 0) is 41.3 Å². The largest absolute Gasteiger partial charge is 0.479 e. The van der Waals surface area contributed by atoms with Gasteiger partial charge in [0.15, 0.2) is 5.60 Å². The average molecular weight is 398 g/mol. The van der Waals surface area contributed by atoms with Crippen LogP contribution >= 0.6 is 20.3 Å². The maximum Gasteiger partial charge on any atom is 0.336 e. The van der Waals surface area contributed by atoms with E-state index in [1.54, 1.807) is 11.8 Å². The second-order valence-electron chi connectivity index (χ2n) is 6.55. The van der Waals surface area contributed by atoms with Crippen molar-refractivity contribution >= 4 is 37.1 Å². The Balaban J connectivity index is 1.52. The van der Waals surface area contributed by atoms with Crippen LogP contribution < -0.4 is 0 Å². The number of aryl methyl sites for hydroxylation is 1. The molecule has 0 heterocycles. The number of rotatable bonds is 9. The molecule has 0 aromatic heterocycles. The summed E-state index contributed by atoms with van der Waals surface area (Å²) in [5, 5.41) is 22.5. The lowest BCUT2D eigenvalue weighted by molar-refractivity contribution is -0.156. The Morgan fingerprint density at radius 1 is 0.963 bits per heavy atom. The lowest BCUT2D eigenvalue weighted by Crippen LogP contribution is -2.41. The fourth-order valence-electron chi connectivity index (χ4n) is 2.92. The van der Waals surface area contributed by atoms with E-state index in [9.17, 15) is 15.0 Å². The van der Waals surface area contributed by atoms with Gasteiger partial charge in [-0.1, -0.05) is 60.7 Å². The molecule has 5 heteroatoms. The van der Waals surface area contributed by atoms with Crippen LogP contribution in [0.1, 0.15) is 12.0 Å². The summed E-state index contributed by atoms with van der Waals surface area (Å²) in [5.74, 6) is -1.12. The van der Waals surface area contributed by atoms with E-state index in [0.29, 0.717) is 15.0 Å². The molecule has 0 aliphatic rings. The van der Waals surface area contributed by atoms with Crippen LogP contribution in [-0.4, -0.2) is 33.4 Å². The van der Waals surface area contributed by atoms with E-state index in [1.165, 1.54) is 15.7 Å². The van der Waals surface area contributed by atoms with Gasteiger partial charge in [0.25, 0.3) is 0 Å². The Labute approximate surface area is 165 Å². The first-order valence-corrected chi connectivity index (χ1v) is 11.3. The number of hydrogen-bond acceptors (Lipinski definition) is 3. The third-order valence-electron chi connectivity index (χ3n) is 4.55. The maximum atomic E-state index is 11.6. The van der Waals surface area contributed by atoms with E-state index in [1.807, 2.05) is 42.5 Å². The van der Waals surface area contributed by atoms with Crippen molar-refractivity contribution in [1.29, 1.82) is 0 Å². The van der Waals surface area contributed by atoms with Crippen molar-refractivity contribution in [3.8, 4) is 0 Å². The SMILES string of the molecule is O=C(O)C(O)(CCc1ccccc1)CPCSc1ccc2ccccc2c1. The molecule has 2 atom stereocenters. The van der Waals surface area contributed by atoms with Crippen molar-refractivity contribution < 1.29 is 15.0 Å². The van der Waals surface area contributed by atoms with Crippen LogP contribution in [0, 0.1) is 0 Å². The number of carboxylic acids is 1. The standard InChI is InChI=1S/C22H23O3PS/c23-21(24)22(25,13-12-17-6-2-1-3-7-17)15-26-16-27-20-11-10-18-8-4-5-9-19(18)14-20/h1-11,14,25-26H,12-13,15-16H2,(H,23,24). The highest BCUT2D eigenvalue weighted by Gasteiger charge is 2.34. The summed E-state index contributed by atoms with van der Waals surface area (Å²) in [5.41, 5.74) is 0.198. The maximum absolute atomic E-state index is 11.6. The molecule has 3 aromatic rings. The molecular formula is C22H23O3PS. The van der Waals surface area contributed by atoms with Gasteiger partial charge in [0.1, 0.15) is 0 Å². The topological polar surface area (TPSA) is 57.5 Å². The van der Waals surface area contributed by atoms with E-state index in [-0.39, 0.29) is 12.6 Å². The summed E-state index contributed by atoms with van der Waals surface area (Å²) in [4.78, 5) is 12.8. The van der Waals surface area contributed by atoms with E-state index in [0.717, 1.165) is 11.1 Å². The summed E-state index contributed by atoms with van der Waals surface area (Å²) in [6, 6.07) is 24.3. The van der Waals surface area contributed by atoms with Crippen molar-refractivity contribution in [3.05, 3.63) is 78.4 Å². The van der Waals surface area contributed by atoms with Crippen LogP contribution in [0.25, 0.3) is 10.8 Å². The van der Waals surface area contributed by atoms with Crippen molar-refractivity contribution in [3.63, 3.8) is 0 Å². The molecule has 0 aliphatic heterocycles. The first kappa shape index (κ1) is 19.9. The predicted molar refractivity (Wildman–Crippen MR) is 115 cm³/mol. The van der Waals surface area contributed by atoms with Crippen LogP contribution in [0.2, 0.25) is 0 Å². The molecule has 0 bridgehead atoms. The quantitative estimate of drug-likeness (QED) is 0.302. The minimum Gasteiger partial charge on any atom is -0.479 e. The van der Waals surface area contributed by atoms with Crippen LogP contribution in [0.5, 0.6) is 0 Å². The van der Waals surface area contributed by atoms with Gasteiger partial charge in [-0.3, -0.25) is 0 Å². The highest BCUT2D eigenvalue weighted by atomic mass is 32.2. The zero-order chi connectivity index (χ0) is 19.1. The summed E-state index contributed by atoms with van der Waals surface area (Å²) in [6.45, 7) is 0. The normalized spacial score (nSPS) is 13.8. The predicted octanol–water partition coefficient (Wildman–Crippen LogP) is 5.02. The molecular weight excluding hydrogens is 375 g/mol. The van der Waals surface area contributed by atoms with Gasteiger partial charge in [0, 0.05) is 16.6 Å². The molecule has 2 N–H and O–H groups in total. The Morgan fingerprint density at radius 2 is 1.67 bits per heavy atom. The molecule has 3 aromatic carbocycles. The third-order valence-corrected chi connectivity index (χ3v) is 7.36. The summed E-state index contributed by atoms with van der Waals surface area (Å²) in [7, 11) is 0.379. The second-order valence-corrected chi connectivity index (χ2v) is 9.32. The van der Waals surface area contributed by atoms with Gasteiger partial charge in [0.05, 0.1) is 0 Å². The number of aliphatic hydroxyl groups is 1. The summed E-state index contributed by atoms with van der Waals surface area (Å²) in [6.07, 6.45) is 1.08. The Morgan fingerprint density at radius 3 is 2.41 bits per heavy atom. The molecule has 0 radical (unpaired) electrons. The molecule has 3 nitrogen and oxygen atoms in total. The zero-order valence-electron chi connectivity index (χ0n) is 15.0. The molecule has 0 saturated heterocycles. The van der Waals surface area contributed by atoms with Crippen LogP contribution in [-0.2, 0) is 11.2 Å². The second kappa shape index (κ2) is 9.36. The smallest absolute Gasteiger partial charge is 0.336 e. The Kier molecular flexibility index (Phi) is 6.89. The highest BCUT2D eigenvalue weighted by molar-refractivity contribution is 8.03. The summed E-state index contributed by atoms with van der Waals surface area (Å²) >= 11 is 1.71. The molecule has 3 rings (SSSR count). The Hall–Kier alpha value is -1.87. The lowest BCUT2D eigenvalue weighted by atomic mass is 9.97. The fraction of sp³-hybridized carbons (Fsp3) is 0.227. The number of fused-ring (bicyclic) bond motifs is 1. The van der Waals surface area contributed by atoms with Gasteiger partial charge in [0.2, 0.25) is 0 Å². The number of carboxylic acid groups (broad SMARTS) is 1. The third kappa shape index (κ3) is 5.55. The lowest BCUT2D eigenvalue weighted by Gasteiger charge is -2.23. The van der Waals surface area contributed by atoms with E-state index >= 15 is 0 Å². The van der Waals surface area contributed by atoms with Crippen molar-refractivity contribution in [2.75, 3.05) is 11.7 Å². The monoisotopic (exact) mass is 398 g/mol. The molecule has 0 spiro atoms. The molecule has 0 amide bonds. The molecule has 0 saturated carbocycles. The fourth-order valence-corrected chi connectivity index (χ4v) is 5.52. The van der Waals surface area contributed by atoms with Crippen LogP contribution in [0.15, 0.2) is 77.7 Å². The van der Waals surface area contributed by atoms with Gasteiger partial charge < -0.3 is 10.2 Å². The Bertz CT molecular complexity index is 900. The van der Waals surface area contributed by atoms with E-state index in [2.05, 4.69) is 30.3 Å². The number of hydrogen-bond donors (Lipinski definition) is 2. The van der Waals surface area contributed by atoms with Crippen molar-refractivity contribution in [2.24, 2.45) is 0 Å². The van der Waals surface area contributed by atoms with E-state index < -0.39 is 11.6 Å². The van der Waals surface area contributed by atoms with Crippen molar-refractivity contribution in [2.45, 2.75) is 23.3 Å². The summed E-state index contributed by atoms with van der Waals surface area (Å²) < 4.78 is 0. The molecule has 2 unspecified atom stereocenters. The molecule has 27 heavy (non-hydrogen) atoms. The minimum atomic E-state index is -1.65. The van der Waals surface area contributed by atoms with E-state index in [4.69, 9.17) is 0 Å². The van der Waals surface area contributed by atoms with Gasteiger partial charge >= 0.3 is 5.97 Å². The first-order valence-electron chi connectivity index (χ1n) is 8.89. The number of thioether (sulfide) groups is 1. The first-order chi connectivity index (χ1) is 13.1. The number of aliphatic carboxylic acids is 1. The van der Waals surface area contributed by atoms with Crippen LogP contribution in [0.3, 0.4) is 0 Å². The molecule has 0 fully saturated rings. The number of benzene rings is 3. The highest BCUT2D eigenvalue weighted by Crippen LogP contribution is 2.32.